The molecule has 3 nitrogen and oxygen atoms in total. The quantitative estimate of drug-likeness (QED) is 0.825. The number of hydrogen-bond donors (Lipinski definition) is 0. The Morgan fingerprint density at radius 1 is 1.35 bits per heavy atom. The van der Waals surface area contributed by atoms with Crippen LogP contribution in [-0.4, -0.2) is 31.1 Å². The van der Waals surface area contributed by atoms with Gasteiger partial charge < -0.3 is 4.74 Å². The number of nitrogens with zero attached hydrogens (tertiary/aromatic N) is 2. The van der Waals surface area contributed by atoms with Gasteiger partial charge in [-0.2, -0.15) is 5.26 Å². The summed E-state index contributed by atoms with van der Waals surface area (Å²) in [6.07, 6.45) is 2.61. The fraction of sp³-hybridized carbons (Fsp3) is 0.588. The van der Waals surface area contributed by atoms with Gasteiger partial charge in [-0.25, -0.2) is 0 Å². The van der Waals surface area contributed by atoms with Crippen molar-refractivity contribution in [2.75, 3.05) is 26.2 Å². The highest BCUT2D eigenvalue weighted by atomic mass is 16.5. The van der Waals surface area contributed by atoms with E-state index in [2.05, 4.69) is 24.8 Å². The molecule has 0 bridgehead atoms. The van der Waals surface area contributed by atoms with Crippen LogP contribution in [0.15, 0.2) is 24.3 Å². The van der Waals surface area contributed by atoms with Crippen molar-refractivity contribution in [1.82, 2.24) is 4.90 Å². The lowest BCUT2D eigenvalue weighted by molar-refractivity contribution is 0.136. The molecule has 1 aliphatic rings. The Balaban J connectivity index is 1.70. The molecular weight excluding hydrogens is 248 g/mol. The smallest absolute Gasteiger partial charge is 0.120 e. The van der Waals surface area contributed by atoms with E-state index in [-0.39, 0.29) is 0 Å². The molecule has 0 atom stereocenters. The summed E-state index contributed by atoms with van der Waals surface area (Å²) in [4.78, 5) is 2.48. The Bertz CT molecular complexity index is 456. The zero-order valence-electron chi connectivity index (χ0n) is 12.5. The predicted molar refractivity (Wildman–Crippen MR) is 80.7 cm³/mol. The average molecular weight is 272 g/mol. The summed E-state index contributed by atoms with van der Waals surface area (Å²) in [5.74, 6) is 2.49. The Hall–Kier alpha value is -1.53. The fourth-order valence-electron chi connectivity index (χ4n) is 2.79. The number of hydrogen-bond acceptors (Lipinski definition) is 3. The minimum absolute atomic E-state index is 0.653. The molecule has 20 heavy (non-hydrogen) atoms. The van der Waals surface area contributed by atoms with Crippen molar-refractivity contribution in [3.8, 4) is 11.8 Å². The van der Waals surface area contributed by atoms with Crippen molar-refractivity contribution in [2.24, 2.45) is 11.8 Å². The maximum Gasteiger partial charge on any atom is 0.120 e. The van der Waals surface area contributed by atoms with Crippen molar-refractivity contribution in [3.05, 3.63) is 29.8 Å². The largest absolute Gasteiger partial charge is 0.492 e. The molecule has 1 fully saturated rings. The summed E-state index contributed by atoms with van der Waals surface area (Å²) in [5, 5.41) is 8.85. The molecule has 0 N–H and O–H groups in total. The number of likely N-dealkylation sites (tertiary alicyclic amines) is 1. The second-order valence-corrected chi connectivity index (χ2v) is 5.91. The van der Waals surface area contributed by atoms with Gasteiger partial charge in [-0.05, 0) is 56.0 Å². The first-order valence-electron chi connectivity index (χ1n) is 7.54. The summed E-state index contributed by atoms with van der Waals surface area (Å²) >= 11 is 0. The minimum atomic E-state index is 0.653. The third-order valence-corrected chi connectivity index (χ3v) is 4.21. The standard InChI is InChI=1S/C17H24N2O/c1-14(2)16-6-8-19(9-7-16)10-11-20-17-5-3-4-15(12-17)13-18/h3-5,12,14,16H,6-11H2,1-2H3. The fourth-order valence-corrected chi connectivity index (χ4v) is 2.79. The molecule has 0 saturated carbocycles. The van der Waals surface area contributed by atoms with Crippen LogP contribution < -0.4 is 4.74 Å². The van der Waals surface area contributed by atoms with E-state index in [4.69, 9.17) is 10.00 Å². The first-order chi connectivity index (χ1) is 9.69. The molecule has 1 heterocycles. The van der Waals surface area contributed by atoms with Gasteiger partial charge in [-0.1, -0.05) is 19.9 Å². The van der Waals surface area contributed by atoms with Crippen LogP contribution in [0.3, 0.4) is 0 Å². The second-order valence-electron chi connectivity index (χ2n) is 5.91. The number of rotatable bonds is 5. The molecule has 2 rings (SSSR count). The Morgan fingerprint density at radius 2 is 2.10 bits per heavy atom. The Labute approximate surface area is 122 Å². The van der Waals surface area contributed by atoms with Gasteiger partial charge in [0.1, 0.15) is 12.4 Å². The van der Waals surface area contributed by atoms with Crippen LogP contribution in [0.25, 0.3) is 0 Å². The van der Waals surface area contributed by atoms with E-state index in [1.807, 2.05) is 12.1 Å². The van der Waals surface area contributed by atoms with Gasteiger partial charge in [-0.3, -0.25) is 4.90 Å². The highest BCUT2D eigenvalue weighted by Gasteiger charge is 2.21. The van der Waals surface area contributed by atoms with Crippen molar-refractivity contribution >= 4 is 0 Å². The number of piperidine rings is 1. The summed E-state index contributed by atoms with van der Waals surface area (Å²) in [6, 6.07) is 9.50. The third kappa shape index (κ3) is 4.25. The maximum atomic E-state index is 8.85. The highest BCUT2D eigenvalue weighted by molar-refractivity contribution is 5.36. The molecule has 3 heteroatoms. The van der Waals surface area contributed by atoms with E-state index in [1.54, 1.807) is 12.1 Å². The lowest BCUT2D eigenvalue weighted by atomic mass is 9.87. The molecule has 108 valence electrons. The molecular formula is C17H24N2O. The van der Waals surface area contributed by atoms with Crippen LogP contribution in [0.2, 0.25) is 0 Å². The zero-order valence-corrected chi connectivity index (χ0v) is 12.5. The lowest BCUT2D eigenvalue weighted by Crippen LogP contribution is -2.37. The van der Waals surface area contributed by atoms with Crippen molar-refractivity contribution in [1.29, 1.82) is 5.26 Å². The van der Waals surface area contributed by atoms with Gasteiger partial charge in [-0.15, -0.1) is 0 Å². The zero-order chi connectivity index (χ0) is 14.4. The van der Waals surface area contributed by atoms with Gasteiger partial charge in [0.15, 0.2) is 0 Å². The SMILES string of the molecule is CC(C)C1CCN(CCOc2cccc(C#N)c2)CC1. The van der Waals surface area contributed by atoms with E-state index in [0.717, 1.165) is 24.1 Å². The van der Waals surface area contributed by atoms with Crippen LogP contribution in [0.4, 0.5) is 0 Å². The van der Waals surface area contributed by atoms with Crippen LogP contribution in [0.1, 0.15) is 32.3 Å². The Kier molecular flexibility index (Phi) is 5.43. The number of ether oxygens (including phenoxy) is 1. The van der Waals surface area contributed by atoms with E-state index in [9.17, 15) is 0 Å². The monoisotopic (exact) mass is 272 g/mol. The van der Waals surface area contributed by atoms with E-state index >= 15 is 0 Å². The molecule has 1 saturated heterocycles. The first kappa shape index (κ1) is 14.9. The molecule has 0 aliphatic carbocycles. The van der Waals surface area contributed by atoms with E-state index in [1.165, 1.54) is 25.9 Å². The molecule has 1 aromatic rings. The summed E-state index contributed by atoms with van der Waals surface area (Å²) in [5.41, 5.74) is 0.653. The van der Waals surface area contributed by atoms with Gasteiger partial charge in [0, 0.05) is 6.54 Å². The third-order valence-electron chi connectivity index (χ3n) is 4.21. The molecule has 0 aromatic heterocycles. The molecule has 1 aromatic carbocycles. The van der Waals surface area contributed by atoms with Gasteiger partial charge in [0.25, 0.3) is 0 Å². The molecule has 0 radical (unpaired) electrons. The Morgan fingerprint density at radius 3 is 2.75 bits per heavy atom. The van der Waals surface area contributed by atoms with E-state index in [0.29, 0.717) is 12.2 Å². The minimum Gasteiger partial charge on any atom is -0.492 e. The van der Waals surface area contributed by atoms with Crippen LogP contribution in [0.5, 0.6) is 5.75 Å². The summed E-state index contributed by atoms with van der Waals surface area (Å²) < 4.78 is 5.73. The second kappa shape index (κ2) is 7.31. The topological polar surface area (TPSA) is 36.3 Å². The van der Waals surface area contributed by atoms with Gasteiger partial charge in [0.2, 0.25) is 0 Å². The number of nitriles is 1. The first-order valence-corrected chi connectivity index (χ1v) is 7.54. The molecule has 1 aliphatic heterocycles. The van der Waals surface area contributed by atoms with Crippen LogP contribution >= 0.6 is 0 Å². The number of benzene rings is 1. The molecule has 0 spiro atoms. The van der Waals surface area contributed by atoms with Crippen LogP contribution in [0, 0.1) is 23.2 Å². The summed E-state index contributed by atoms with van der Waals surface area (Å²) in [6.45, 7) is 8.69. The van der Waals surface area contributed by atoms with Crippen molar-refractivity contribution < 1.29 is 4.74 Å². The molecule has 0 unspecified atom stereocenters. The normalized spacial score (nSPS) is 17.1. The van der Waals surface area contributed by atoms with Crippen molar-refractivity contribution in [2.45, 2.75) is 26.7 Å². The van der Waals surface area contributed by atoms with Gasteiger partial charge >= 0.3 is 0 Å². The predicted octanol–water partition coefficient (Wildman–Crippen LogP) is 3.31. The highest BCUT2D eigenvalue weighted by Crippen LogP contribution is 2.24. The average Bonchev–Trinajstić information content (AvgIpc) is 2.48. The van der Waals surface area contributed by atoms with Crippen LogP contribution in [-0.2, 0) is 0 Å². The lowest BCUT2D eigenvalue weighted by Gasteiger charge is -2.33. The summed E-state index contributed by atoms with van der Waals surface area (Å²) in [7, 11) is 0. The van der Waals surface area contributed by atoms with Gasteiger partial charge in [0.05, 0.1) is 11.6 Å². The van der Waals surface area contributed by atoms with Crippen molar-refractivity contribution in [3.63, 3.8) is 0 Å². The molecule has 0 amide bonds. The van der Waals surface area contributed by atoms with E-state index < -0.39 is 0 Å². The maximum absolute atomic E-state index is 8.85.